The van der Waals surface area contributed by atoms with Gasteiger partial charge in [0, 0.05) is 6.42 Å². The lowest BCUT2D eigenvalue weighted by atomic mass is 9.96. The molecule has 0 aliphatic carbocycles. The summed E-state index contributed by atoms with van der Waals surface area (Å²) in [5, 5.41) is 119. The summed E-state index contributed by atoms with van der Waals surface area (Å²) >= 11 is 0. The van der Waals surface area contributed by atoms with Crippen molar-refractivity contribution in [1.82, 2.24) is 5.32 Å². The van der Waals surface area contributed by atoms with Gasteiger partial charge in [0.2, 0.25) is 5.91 Å². The second-order valence-electron chi connectivity index (χ2n) is 19.3. The summed E-state index contributed by atoms with van der Waals surface area (Å²) < 4.78 is 34.1. The van der Waals surface area contributed by atoms with Crippen LogP contribution in [0.2, 0.25) is 0 Å². The molecule has 0 radical (unpaired) electrons. The summed E-state index contributed by atoms with van der Waals surface area (Å²) in [6.45, 7) is 1.66. The van der Waals surface area contributed by atoms with E-state index >= 15 is 0 Å². The van der Waals surface area contributed by atoms with Crippen molar-refractivity contribution < 1.29 is 89.4 Å². The molecule has 3 fully saturated rings. The van der Waals surface area contributed by atoms with Crippen LogP contribution in [0.1, 0.15) is 168 Å². The Morgan fingerprint density at radius 1 is 0.507 bits per heavy atom. The number of nitrogens with one attached hydrogen (secondary N) is 1. The van der Waals surface area contributed by atoms with Crippen molar-refractivity contribution in [2.24, 2.45) is 0 Å². The predicted octanol–water partition coefficient (Wildman–Crippen LogP) is 2.26. The van der Waals surface area contributed by atoms with Gasteiger partial charge in [-0.15, -0.1) is 0 Å². The Balaban J connectivity index is 1.54. The molecule has 0 bridgehead atoms. The highest BCUT2D eigenvalue weighted by Crippen LogP contribution is 2.33. The summed E-state index contributed by atoms with van der Waals surface area (Å²) in [7, 11) is 0. The van der Waals surface area contributed by atoms with Crippen molar-refractivity contribution in [3.63, 3.8) is 0 Å². The molecule has 0 aromatic heterocycles. The van der Waals surface area contributed by atoms with Gasteiger partial charge >= 0.3 is 0 Å². The number of rotatable bonds is 37. The average molecular weight is 996 g/mol. The highest BCUT2D eigenvalue weighted by Gasteiger charge is 2.53. The average Bonchev–Trinajstić information content (AvgIpc) is 3.34. The molecule has 3 aliphatic heterocycles. The van der Waals surface area contributed by atoms with Crippen molar-refractivity contribution in [3.8, 4) is 0 Å². The minimum Gasteiger partial charge on any atom is -0.394 e. The van der Waals surface area contributed by atoms with Crippen LogP contribution in [0.25, 0.3) is 0 Å². The Kier molecular flexibility index (Phi) is 31.9. The van der Waals surface area contributed by atoms with Crippen LogP contribution in [-0.2, 0) is 33.2 Å². The van der Waals surface area contributed by atoms with Crippen LogP contribution in [0.3, 0.4) is 0 Å². The molecule has 19 nitrogen and oxygen atoms in total. The van der Waals surface area contributed by atoms with Crippen LogP contribution in [0.15, 0.2) is 12.2 Å². The smallest absolute Gasteiger partial charge is 0.220 e. The number of allylic oxidation sites excluding steroid dienone is 1. The third kappa shape index (κ3) is 21.5. The van der Waals surface area contributed by atoms with E-state index in [4.69, 9.17) is 28.4 Å². The quantitative estimate of drug-likeness (QED) is 0.0314. The molecule has 12 N–H and O–H groups in total. The van der Waals surface area contributed by atoms with Crippen LogP contribution >= 0.6 is 0 Å². The Morgan fingerprint density at radius 2 is 0.899 bits per heavy atom. The zero-order valence-corrected chi connectivity index (χ0v) is 41.5. The molecule has 69 heavy (non-hydrogen) atoms. The monoisotopic (exact) mass is 996 g/mol. The molecule has 0 spiro atoms. The van der Waals surface area contributed by atoms with E-state index in [1.54, 1.807) is 6.08 Å². The number of ether oxygens (including phenoxy) is 6. The Bertz CT molecular complexity index is 1330. The molecule has 0 aromatic carbocycles. The van der Waals surface area contributed by atoms with E-state index in [9.17, 15) is 61.0 Å². The first-order valence-corrected chi connectivity index (χ1v) is 26.4. The lowest BCUT2D eigenvalue weighted by molar-refractivity contribution is -0.379. The molecule has 0 aromatic rings. The summed E-state index contributed by atoms with van der Waals surface area (Å²) in [6, 6.07) is -0.963. The van der Waals surface area contributed by atoms with Gasteiger partial charge in [0.25, 0.3) is 0 Å². The van der Waals surface area contributed by atoms with E-state index in [-0.39, 0.29) is 18.9 Å². The van der Waals surface area contributed by atoms with Gasteiger partial charge in [-0.05, 0) is 19.3 Å². The first kappa shape index (κ1) is 61.8. The molecule has 19 heteroatoms. The normalized spacial score (nSPS) is 32.9. The highest BCUT2D eigenvalue weighted by molar-refractivity contribution is 5.76. The van der Waals surface area contributed by atoms with E-state index in [1.807, 2.05) is 6.08 Å². The second kappa shape index (κ2) is 35.6. The molecule has 3 heterocycles. The van der Waals surface area contributed by atoms with Gasteiger partial charge in [-0.3, -0.25) is 4.79 Å². The summed E-state index contributed by atoms with van der Waals surface area (Å²) in [5.74, 6) is -0.278. The second-order valence-corrected chi connectivity index (χ2v) is 19.3. The minimum absolute atomic E-state index is 0.248. The fourth-order valence-electron chi connectivity index (χ4n) is 9.13. The molecular formula is C50H93NO18. The molecular weight excluding hydrogens is 903 g/mol. The largest absolute Gasteiger partial charge is 0.394 e. The van der Waals surface area contributed by atoms with Crippen LogP contribution in [-0.4, -0.2) is 193 Å². The Hall–Kier alpha value is -1.47. The standard InChI is InChI=1S/C50H93NO18/c1-3-5-7-9-11-13-14-15-16-17-18-20-22-24-26-28-38(56)51-33(34(55)27-25-23-21-19-12-10-8-6-4-2)32-64-48-44(62)41(59)46(36(30-53)66-48)69-50-45(63)42(60)47(37(31-54)67-50)68-49-43(61)40(58)39(57)35(29-52)65-49/h25,27,33-37,39-50,52-55,57-63H,3-24,26,28-32H2,1-2H3,(H,51,56)/b27-25+. The summed E-state index contributed by atoms with van der Waals surface area (Å²) in [5.41, 5.74) is 0. The Morgan fingerprint density at radius 3 is 1.36 bits per heavy atom. The number of amides is 1. The van der Waals surface area contributed by atoms with Gasteiger partial charge in [-0.25, -0.2) is 0 Å². The maximum atomic E-state index is 13.2. The SMILES string of the molecule is CCCCCCCCC/C=C/C(O)C(COC1OC(CO)C(OC2OC(CO)C(OC3OC(CO)C(O)C(O)C3O)C(O)C2O)C(O)C1O)NC(=O)CCCCCCCCCCCCCCCCC. The molecule has 406 valence electrons. The van der Waals surface area contributed by atoms with E-state index in [0.29, 0.717) is 6.42 Å². The summed E-state index contributed by atoms with van der Waals surface area (Å²) in [4.78, 5) is 13.2. The fraction of sp³-hybridized carbons (Fsp3) is 0.940. The number of hydrogen-bond donors (Lipinski definition) is 12. The molecule has 17 unspecified atom stereocenters. The van der Waals surface area contributed by atoms with Gasteiger partial charge in [-0.2, -0.15) is 0 Å². The number of aliphatic hydroxyl groups excluding tert-OH is 11. The fourth-order valence-corrected chi connectivity index (χ4v) is 9.13. The first-order chi connectivity index (χ1) is 33.3. The number of carbonyl (C=O) groups is 1. The number of unbranched alkanes of at least 4 members (excludes halogenated alkanes) is 21. The van der Waals surface area contributed by atoms with Gasteiger partial charge in [0.1, 0.15) is 73.2 Å². The molecule has 17 atom stereocenters. The maximum Gasteiger partial charge on any atom is 0.220 e. The van der Waals surface area contributed by atoms with Crippen molar-refractivity contribution in [2.75, 3.05) is 26.4 Å². The van der Waals surface area contributed by atoms with Crippen molar-refractivity contribution in [1.29, 1.82) is 0 Å². The van der Waals surface area contributed by atoms with E-state index in [2.05, 4.69) is 19.2 Å². The topological polar surface area (TPSA) is 307 Å². The van der Waals surface area contributed by atoms with E-state index in [0.717, 1.165) is 44.9 Å². The maximum absolute atomic E-state index is 13.2. The van der Waals surface area contributed by atoms with E-state index < -0.39 is 124 Å². The lowest BCUT2D eigenvalue weighted by Crippen LogP contribution is -2.66. The minimum atomic E-state index is -1.97. The van der Waals surface area contributed by atoms with Gasteiger partial charge in [-0.1, -0.05) is 154 Å². The van der Waals surface area contributed by atoms with Gasteiger partial charge in [0.15, 0.2) is 18.9 Å². The van der Waals surface area contributed by atoms with Crippen LogP contribution < -0.4 is 5.32 Å². The van der Waals surface area contributed by atoms with Crippen LogP contribution in [0, 0.1) is 0 Å². The zero-order valence-electron chi connectivity index (χ0n) is 41.5. The number of carbonyl (C=O) groups excluding carboxylic acids is 1. The molecule has 1 amide bonds. The van der Waals surface area contributed by atoms with Crippen LogP contribution in [0.5, 0.6) is 0 Å². The third-order valence-corrected chi connectivity index (χ3v) is 13.6. The highest BCUT2D eigenvalue weighted by atomic mass is 16.8. The molecule has 0 saturated carbocycles. The van der Waals surface area contributed by atoms with Crippen molar-refractivity contribution >= 4 is 5.91 Å². The predicted molar refractivity (Wildman–Crippen MR) is 254 cm³/mol. The first-order valence-electron chi connectivity index (χ1n) is 26.4. The summed E-state index contributed by atoms with van der Waals surface area (Å²) in [6.07, 6.45) is 3.69. The lowest BCUT2D eigenvalue weighted by Gasteiger charge is -2.48. The molecule has 3 saturated heterocycles. The van der Waals surface area contributed by atoms with Crippen molar-refractivity contribution in [2.45, 2.75) is 272 Å². The van der Waals surface area contributed by atoms with Crippen molar-refractivity contribution in [3.05, 3.63) is 12.2 Å². The zero-order chi connectivity index (χ0) is 50.6. The number of hydrogen-bond acceptors (Lipinski definition) is 18. The Labute approximate surface area is 410 Å². The third-order valence-electron chi connectivity index (χ3n) is 13.6. The molecule has 3 rings (SSSR count). The number of aliphatic hydroxyl groups is 11. The molecule has 3 aliphatic rings. The van der Waals surface area contributed by atoms with Gasteiger partial charge < -0.3 is 89.9 Å². The van der Waals surface area contributed by atoms with E-state index in [1.165, 1.54) is 96.3 Å². The van der Waals surface area contributed by atoms with Crippen LogP contribution in [0.4, 0.5) is 0 Å². The van der Waals surface area contributed by atoms with Gasteiger partial charge in [0.05, 0.1) is 38.6 Å².